The van der Waals surface area contributed by atoms with Crippen molar-refractivity contribution < 1.29 is 48.2 Å². The number of amides is 2. The normalized spacial score (nSPS) is 22.9. The van der Waals surface area contributed by atoms with Crippen molar-refractivity contribution in [1.29, 1.82) is 0 Å². The number of aliphatic hydroxyl groups excluding tert-OH is 2. The number of alkyl carbamates (subject to hydrolysis) is 2. The van der Waals surface area contributed by atoms with Crippen molar-refractivity contribution in [3.63, 3.8) is 0 Å². The third-order valence-corrected chi connectivity index (χ3v) is 16.0. The molecule has 3 saturated heterocycles. The molecule has 83 heavy (non-hydrogen) atoms. The maximum absolute atomic E-state index is 12.6. The second-order valence-electron chi connectivity index (χ2n) is 21.9. The second kappa shape index (κ2) is 23.2. The minimum absolute atomic E-state index is 0.00304. The molecule has 4 aromatic carbocycles. The fourth-order valence-corrected chi connectivity index (χ4v) is 12.0. The molecule has 0 saturated carbocycles. The lowest BCUT2D eigenvalue weighted by atomic mass is 9.98. The van der Waals surface area contributed by atoms with Crippen LogP contribution in [0.2, 0.25) is 0 Å². The average Bonchev–Trinajstić information content (AvgIpc) is 4.49. The zero-order valence-electron chi connectivity index (χ0n) is 46.3. The number of carbonyl (C=O) groups excluding carboxylic acids is 2. The van der Waals surface area contributed by atoms with E-state index < -0.39 is 48.7 Å². The van der Waals surface area contributed by atoms with Crippen LogP contribution in [0, 0.1) is 0 Å². The van der Waals surface area contributed by atoms with Gasteiger partial charge < -0.3 is 70.5 Å². The highest BCUT2D eigenvalue weighted by Gasteiger charge is 2.56. The summed E-state index contributed by atoms with van der Waals surface area (Å²) in [6.45, 7) is 7.04. The van der Waals surface area contributed by atoms with E-state index in [9.17, 15) is 19.8 Å². The van der Waals surface area contributed by atoms with Crippen LogP contribution in [0.3, 0.4) is 0 Å². The maximum Gasteiger partial charge on any atom is 0.407 e. The molecule has 24 nitrogen and oxygen atoms in total. The molecule has 8 aromatic rings. The minimum atomic E-state index is -1.19. The van der Waals surface area contributed by atoms with Gasteiger partial charge in [-0.05, 0) is 72.5 Å². The molecule has 0 spiro atoms. The third kappa shape index (κ3) is 11.0. The Morgan fingerprint density at radius 2 is 0.988 bits per heavy atom. The molecule has 13 rings (SSSR count). The van der Waals surface area contributed by atoms with Gasteiger partial charge in [0.2, 0.25) is 0 Å². The van der Waals surface area contributed by atoms with Crippen molar-refractivity contribution in [2.75, 3.05) is 78.0 Å². The zero-order valence-corrected chi connectivity index (χ0v) is 46.3. The molecule has 8 atom stereocenters. The minimum Gasteiger partial charge on any atom is -0.449 e. The summed E-state index contributed by atoms with van der Waals surface area (Å²) in [6, 6.07) is 33.0. The largest absolute Gasteiger partial charge is 0.449 e. The summed E-state index contributed by atoms with van der Waals surface area (Å²) >= 11 is 0. The van der Waals surface area contributed by atoms with Crippen LogP contribution >= 0.6 is 0 Å². The monoisotopic (exact) mass is 1130 g/mol. The Hall–Kier alpha value is -8.20. The smallest absolute Gasteiger partial charge is 0.407 e. The predicted octanol–water partition coefficient (Wildman–Crippen LogP) is 4.79. The first-order chi connectivity index (χ1) is 40.2. The van der Waals surface area contributed by atoms with Gasteiger partial charge in [-0.2, -0.15) is 0 Å². The number of likely N-dealkylation sites (N-methyl/N-ethyl adjacent to an activating group) is 2. The van der Waals surface area contributed by atoms with Crippen molar-refractivity contribution in [3.8, 4) is 22.3 Å². The van der Waals surface area contributed by atoms with Crippen molar-refractivity contribution in [1.82, 2.24) is 59.5 Å². The first kappa shape index (κ1) is 55.3. The number of anilines is 2. The molecule has 4 aromatic heterocycles. The molecule has 5 aliphatic rings. The van der Waals surface area contributed by atoms with Gasteiger partial charge in [-0.25, -0.2) is 39.5 Å². The number of ether oxygens (including phenoxy) is 6. The standard InChI is InChI=1S/C31H35N7O5.C28H31N7O5/c1-31(2)42-25-23(41-29(26(25)43-31)38-17-36-24-27(32)34-16-35-28(24)38)14-37(3)13-12-33-30(39)40-15-22-20-10-6-4-8-18(20)19-9-5-7-11-21(19)22;1-34(12-21-23(36)24(37)27(40-21)35-15-33-22-25(29)31-14-32-26(22)35)11-10-30-28(38)39-13-20-18-8-4-2-6-16(18)17-7-3-5-9-19(17)20/h4-11,16-17,22-23,25-26,29H,12-15H2,1-3H3,(H,33,39)(H2,32,34,35);2-9,14-15,20-21,23-24,27,36-37H,10-13H2,1H3,(H,30,38)(H2,29,31,32)/t23?,25?,26?,29-;21?,23-,24?,27-/m11/s1. The van der Waals surface area contributed by atoms with E-state index in [-0.39, 0.29) is 49.2 Å². The molecule has 2 aliphatic carbocycles. The van der Waals surface area contributed by atoms with Gasteiger partial charge in [0.25, 0.3) is 0 Å². The Bertz CT molecular complexity index is 3570. The Labute approximate surface area is 477 Å². The first-order valence-electron chi connectivity index (χ1n) is 27.6. The number of rotatable bonds is 16. The van der Waals surface area contributed by atoms with Crippen molar-refractivity contribution in [2.45, 2.75) is 80.5 Å². The van der Waals surface area contributed by atoms with Gasteiger partial charge >= 0.3 is 12.2 Å². The molecule has 5 unspecified atom stereocenters. The number of nitrogen functional groups attached to an aromatic ring is 2. The number of hydrogen-bond donors (Lipinski definition) is 6. The Morgan fingerprint density at radius 3 is 1.46 bits per heavy atom. The summed E-state index contributed by atoms with van der Waals surface area (Å²) in [5.41, 5.74) is 23.2. The highest BCUT2D eigenvalue weighted by atomic mass is 16.8. The Balaban J connectivity index is 0.000000164. The molecular formula is C59H66N14O10. The van der Waals surface area contributed by atoms with Crippen LogP contribution in [0.4, 0.5) is 21.2 Å². The van der Waals surface area contributed by atoms with Gasteiger partial charge in [-0.15, -0.1) is 0 Å². The number of nitrogens with zero attached hydrogens (tertiary/aromatic N) is 10. The molecule has 8 N–H and O–H groups in total. The van der Waals surface area contributed by atoms with E-state index >= 15 is 0 Å². The molecule has 0 bridgehead atoms. The summed E-state index contributed by atoms with van der Waals surface area (Å²) in [5, 5.41) is 27.0. The van der Waals surface area contributed by atoms with E-state index in [1.807, 2.05) is 85.9 Å². The van der Waals surface area contributed by atoms with E-state index in [0.717, 1.165) is 11.1 Å². The van der Waals surface area contributed by atoms with Crippen molar-refractivity contribution in [3.05, 3.63) is 145 Å². The van der Waals surface area contributed by atoms with E-state index in [2.05, 4.69) is 94.0 Å². The van der Waals surface area contributed by atoms with Gasteiger partial charge in [0.1, 0.15) is 73.5 Å². The lowest BCUT2D eigenvalue weighted by Crippen LogP contribution is -2.41. The number of aliphatic hydroxyl groups is 2. The maximum atomic E-state index is 12.6. The van der Waals surface area contributed by atoms with Gasteiger partial charge in [0.05, 0.1) is 12.7 Å². The van der Waals surface area contributed by atoms with Crippen LogP contribution in [0.1, 0.15) is 60.4 Å². The molecule has 432 valence electrons. The van der Waals surface area contributed by atoms with Crippen molar-refractivity contribution in [2.24, 2.45) is 0 Å². The Morgan fingerprint density at radius 1 is 0.578 bits per heavy atom. The van der Waals surface area contributed by atoms with Gasteiger partial charge in [0.15, 0.2) is 41.2 Å². The lowest BCUT2D eigenvalue weighted by Gasteiger charge is -2.27. The summed E-state index contributed by atoms with van der Waals surface area (Å²) in [6.07, 6.45) is -0.405. The summed E-state index contributed by atoms with van der Waals surface area (Å²) in [4.78, 5) is 54.2. The fraction of sp³-hybridized carbons (Fsp3) is 0.390. The first-order valence-corrected chi connectivity index (χ1v) is 27.6. The zero-order chi connectivity index (χ0) is 57.5. The predicted molar refractivity (Wildman–Crippen MR) is 304 cm³/mol. The average molecular weight is 1130 g/mol. The molecule has 3 fully saturated rings. The SMILES string of the molecule is CN(CCNC(=O)OCC1c2ccccc2-c2ccccc21)CC1O[C@@H](n2cnc3c(N)ncnc32)C(O)[C@@H]1O.CN(CCNC(=O)OCC1c2ccccc2-c2ccccc21)CC1O[C@@H](n2cnc3c(N)ncnc32)C2OC(C)(C)OC12. The molecule has 7 heterocycles. The highest BCUT2D eigenvalue weighted by Crippen LogP contribution is 2.47. The summed E-state index contributed by atoms with van der Waals surface area (Å²) < 4.78 is 39.6. The van der Waals surface area contributed by atoms with Crippen LogP contribution in [0.5, 0.6) is 0 Å². The third-order valence-electron chi connectivity index (χ3n) is 16.0. The number of aromatic nitrogens is 8. The van der Waals surface area contributed by atoms with Crippen LogP contribution in [0.25, 0.3) is 44.6 Å². The number of imidazole rings is 2. The molecule has 3 aliphatic heterocycles. The summed E-state index contributed by atoms with van der Waals surface area (Å²) in [7, 11) is 3.82. The van der Waals surface area contributed by atoms with E-state index in [4.69, 9.17) is 39.9 Å². The molecule has 24 heteroatoms. The van der Waals surface area contributed by atoms with Crippen LogP contribution in [-0.4, -0.2) is 180 Å². The van der Waals surface area contributed by atoms with E-state index in [0.29, 0.717) is 67.4 Å². The lowest BCUT2D eigenvalue weighted by molar-refractivity contribution is -0.197. The quantitative estimate of drug-likeness (QED) is 0.0757. The van der Waals surface area contributed by atoms with Gasteiger partial charge in [-0.3, -0.25) is 9.13 Å². The number of nitrogens with two attached hydrogens (primary N) is 2. The number of hydrogen-bond acceptors (Lipinski definition) is 20. The van der Waals surface area contributed by atoms with E-state index in [1.54, 1.807) is 10.9 Å². The second-order valence-corrected chi connectivity index (χ2v) is 21.9. The number of benzene rings is 4. The Kier molecular flexibility index (Phi) is 15.5. The van der Waals surface area contributed by atoms with Crippen molar-refractivity contribution >= 4 is 46.1 Å². The summed E-state index contributed by atoms with van der Waals surface area (Å²) in [5.74, 6) is -0.213. The molecular weight excluding hydrogens is 1060 g/mol. The number of nitrogens with one attached hydrogen (secondary N) is 2. The van der Waals surface area contributed by atoms with E-state index in [1.165, 1.54) is 52.4 Å². The van der Waals surface area contributed by atoms with Gasteiger partial charge in [0, 0.05) is 51.1 Å². The molecule has 0 radical (unpaired) electrons. The van der Waals surface area contributed by atoms with Crippen LogP contribution in [0.15, 0.2) is 122 Å². The molecule has 2 amide bonds. The van der Waals surface area contributed by atoms with Crippen LogP contribution in [-0.2, 0) is 28.4 Å². The fourth-order valence-electron chi connectivity index (χ4n) is 12.0. The van der Waals surface area contributed by atoms with Crippen LogP contribution < -0.4 is 22.1 Å². The number of carbonyl (C=O) groups is 2. The highest BCUT2D eigenvalue weighted by molar-refractivity contribution is 5.83. The van der Waals surface area contributed by atoms with Gasteiger partial charge in [-0.1, -0.05) is 97.1 Å². The number of fused-ring (bicyclic) bond motifs is 9. The topological polar surface area (TPSA) is 300 Å².